The lowest BCUT2D eigenvalue weighted by molar-refractivity contribution is 0.623. The van der Waals surface area contributed by atoms with Crippen LogP contribution in [0, 0.1) is 5.82 Å². The van der Waals surface area contributed by atoms with Gasteiger partial charge in [0.1, 0.15) is 5.82 Å². The summed E-state index contributed by atoms with van der Waals surface area (Å²) >= 11 is 0. The molecule has 0 amide bonds. The van der Waals surface area contributed by atoms with Gasteiger partial charge in [-0.3, -0.25) is 0 Å². The fourth-order valence-corrected chi connectivity index (χ4v) is 1.81. The molecule has 0 spiro atoms. The largest absolute Gasteiger partial charge is 0.356 e. The van der Waals surface area contributed by atoms with Gasteiger partial charge in [0.05, 0.1) is 6.54 Å². The Labute approximate surface area is 107 Å². The van der Waals surface area contributed by atoms with Crippen LogP contribution in [0.25, 0.3) is 0 Å². The summed E-state index contributed by atoms with van der Waals surface area (Å²) in [5.74, 6) is 0.640. The highest BCUT2D eigenvalue weighted by molar-refractivity contribution is 5.28. The monoisotopic (exact) mass is 247 g/mol. The molecule has 0 bridgehead atoms. The number of benzene rings is 1. The van der Waals surface area contributed by atoms with Gasteiger partial charge in [-0.25, -0.2) is 9.37 Å². The number of nitrogens with zero attached hydrogens (tertiary/aromatic N) is 2. The number of unbranched alkanes of at least 4 members (excludes halogenated alkanes) is 1. The minimum absolute atomic E-state index is 0.201. The van der Waals surface area contributed by atoms with Crippen LogP contribution in [0.15, 0.2) is 36.7 Å². The van der Waals surface area contributed by atoms with Gasteiger partial charge < -0.3 is 9.88 Å². The summed E-state index contributed by atoms with van der Waals surface area (Å²) in [6.07, 6.45) is 5.93. The van der Waals surface area contributed by atoms with Crippen molar-refractivity contribution in [2.24, 2.45) is 0 Å². The number of aromatic nitrogens is 2. The van der Waals surface area contributed by atoms with E-state index in [0.29, 0.717) is 6.54 Å². The standard InChI is InChI=1S/C14H18FN3/c1-2-3-7-16-14-17-8-9-18(14)11-12-5-4-6-13(15)10-12/h4-6,8-10H,2-3,7,11H2,1H3,(H,16,17). The van der Waals surface area contributed by atoms with Gasteiger partial charge in [-0.05, 0) is 24.1 Å². The molecule has 0 fully saturated rings. The average molecular weight is 247 g/mol. The zero-order chi connectivity index (χ0) is 12.8. The predicted octanol–water partition coefficient (Wildman–Crippen LogP) is 3.28. The molecule has 0 radical (unpaired) electrons. The number of rotatable bonds is 6. The van der Waals surface area contributed by atoms with E-state index in [4.69, 9.17) is 0 Å². The Morgan fingerprint density at radius 2 is 2.28 bits per heavy atom. The third kappa shape index (κ3) is 3.32. The van der Waals surface area contributed by atoms with Crippen LogP contribution >= 0.6 is 0 Å². The van der Waals surface area contributed by atoms with Crippen LogP contribution in [0.4, 0.5) is 10.3 Å². The van der Waals surface area contributed by atoms with Gasteiger partial charge in [0.15, 0.2) is 0 Å². The number of anilines is 1. The van der Waals surface area contributed by atoms with E-state index in [1.807, 2.05) is 16.8 Å². The normalized spacial score (nSPS) is 10.6. The summed E-state index contributed by atoms with van der Waals surface area (Å²) < 4.78 is 15.1. The van der Waals surface area contributed by atoms with Crippen molar-refractivity contribution < 1.29 is 4.39 Å². The van der Waals surface area contributed by atoms with Crippen LogP contribution in [0.5, 0.6) is 0 Å². The fourth-order valence-electron chi connectivity index (χ4n) is 1.81. The molecule has 0 saturated heterocycles. The van der Waals surface area contributed by atoms with Gasteiger partial charge in [-0.1, -0.05) is 25.5 Å². The van der Waals surface area contributed by atoms with Gasteiger partial charge in [-0.2, -0.15) is 0 Å². The lowest BCUT2D eigenvalue weighted by atomic mass is 10.2. The molecule has 0 saturated carbocycles. The Bertz CT molecular complexity index is 493. The molecule has 0 aliphatic rings. The van der Waals surface area contributed by atoms with Crippen molar-refractivity contribution in [1.82, 2.24) is 9.55 Å². The summed E-state index contributed by atoms with van der Waals surface area (Å²) in [5.41, 5.74) is 0.937. The highest BCUT2D eigenvalue weighted by Gasteiger charge is 2.03. The van der Waals surface area contributed by atoms with Crippen molar-refractivity contribution in [3.8, 4) is 0 Å². The van der Waals surface area contributed by atoms with E-state index >= 15 is 0 Å². The summed E-state index contributed by atoms with van der Waals surface area (Å²) in [6.45, 7) is 3.70. The predicted molar refractivity (Wildman–Crippen MR) is 71.1 cm³/mol. The highest BCUT2D eigenvalue weighted by Crippen LogP contribution is 2.10. The molecule has 18 heavy (non-hydrogen) atoms. The molecule has 2 rings (SSSR count). The minimum Gasteiger partial charge on any atom is -0.356 e. The number of halogens is 1. The molecule has 2 aromatic rings. The van der Waals surface area contributed by atoms with Crippen LogP contribution < -0.4 is 5.32 Å². The Hall–Kier alpha value is -1.84. The van der Waals surface area contributed by atoms with E-state index in [1.165, 1.54) is 6.07 Å². The quantitative estimate of drug-likeness (QED) is 0.794. The SMILES string of the molecule is CCCCNc1nccn1Cc1cccc(F)c1. The van der Waals surface area contributed by atoms with E-state index in [0.717, 1.165) is 30.9 Å². The molecule has 3 nitrogen and oxygen atoms in total. The second-order valence-corrected chi connectivity index (χ2v) is 4.29. The molecule has 0 aliphatic carbocycles. The van der Waals surface area contributed by atoms with Crippen molar-refractivity contribution in [2.45, 2.75) is 26.3 Å². The molecule has 1 heterocycles. The molecule has 0 atom stereocenters. The maximum absolute atomic E-state index is 13.1. The highest BCUT2D eigenvalue weighted by atomic mass is 19.1. The van der Waals surface area contributed by atoms with E-state index in [-0.39, 0.29) is 5.82 Å². The molecular weight excluding hydrogens is 229 g/mol. The second kappa shape index (κ2) is 6.19. The van der Waals surface area contributed by atoms with Crippen LogP contribution in [-0.2, 0) is 6.54 Å². The van der Waals surface area contributed by atoms with Crippen molar-refractivity contribution in [2.75, 3.05) is 11.9 Å². The number of hydrogen-bond donors (Lipinski definition) is 1. The molecule has 0 aliphatic heterocycles. The average Bonchev–Trinajstić information content (AvgIpc) is 2.77. The molecular formula is C14H18FN3. The second-order valence-electron chi connectivity index (χ2n) is 4.29. The topological polar surface area (TPSA) is 29.9 Å². The molecule has 1 aromatic carbocycles. The van der Waals surface area contributed by atoms with E-state index < -0.39 is 0 Å². The number of hydrogen-bond acceptors (Lipinski definition) is 2. The number of imidazole rings is 1. The van der Waals surface area contributed by atoms with Gasteiger partial charge in [-0.15, -0.1) is 0 Å². The van der Waals surface area contributed by atoms with Gasteiger partial charge in [0.25, 0.3) is 0 Å². The summed E-state index contributed by atoms with van der Waals surface area (Å²) in [4.78, 5) is 4.26. The minimum atomic E-state index is -0.201. The van der Waals surface area contributed by atoms with Gasteiger partial charge in [0.2, 0.25) is 5.95 Å². The van der Waals surface area contributed by atoms with Crippen molar-refractivity contribution >= 4 is 5.95 Å². The lowest BCUT2D eigenvalue weighted by Gasteiger charge is -2.09. The molecule has 0 unspecified atom stereocenters. The smallest absolute Gasteiger partial charge is 0.203 e. The first-order chi connectivity index (χ1) is 8.79. The van der Waals surface area contributed by atoms with Crippen molar-refractivity contribution in [3.05, 3.63) is 48.0 Å². The van der Waals surface area contributed by atoms with Crippen molar-refractivity contribution in [1.29, 1.82) is 0 Å². The van der Waals surface area contributed by atoms with Crippen LogP contribution in [0.1, 0.15) is 25.3 Å². The first kappa shape index (κ1) is 12.6. The van der Waals surface area contributed by atoms with E-state index in [9.17, 15) is 4.39 Å². The zero-order valence-electron chi connectivity index (χ0n) is 10.6. The van der Waals surface area contributed by atoms with E-state index in [1.54, 1.807) is 18.3 Å². The molecule has 1 N–H and O–H groups in total. The lowest BCUT2D eigenvalue weighted by Crippen LogP contribution is -2.09. The Kier molecular flexibility index (Phi) is 4.34. The molecule has 4 heteroatoms. The van der Waals surface area contributed by atoms with Crippen LogP contribution in [0.2, 0.25) is 0 Å². The first-order valence-corrected chi connectivity index (χ1v) is 6.29. The van der Waals surface area contributed by atoms with Crippen LogP contribution in [-0.4, -0.2) is 16.1 Å². The zero-order valence-corrected chi connectivity index (χ0v) is 10.6. The first-order valence-electron chi connectivity index (χ1n) is 6.29. The Morgan fingerprint density at radius 1 is 1.39 bits per heavy atom. The number of nitrogens with one attached hydrogen (secondary N) is 1. The summed E-state index contributed by atoms with van der Waals surface area (Å²) in [5, 5.41) is 3.29. The maximum atomic E-state index is 13.1. The molecule has 1 aromatic heterocycles. The van der Waals surface area contributed by atoms with Gasteiger partial charge >= 0.3 is 0 Å². The summed E-state index contributed by atoms with van der Waals surface area (Å²) in [6, 6.07) is 6.65. The Balaban J connectivity index is 2.03. The third-order valence-electron chi connectivity index (χ3n) is 2.77. The van der Waals surface area contributed by atoms with Crippen LogP contribution in [0.3, 0.4) is 0 Å². The van der Waals surface area contributed by atoms with Gasteiger partial charge in [0, 0.05) is 18.9 Å². The summed E-state index contributed by atoms with van der Waals surface area (Å²) in [7, 11) is 0. The molecule has 96 valence electrons. The van der Waals surface area contributed by atoms with Crippen molar-refractivity contribution in [3.63, 3.8) is 0 Å². The third-order valence-corrected chi connectivity index (χ3v) is 2.77. The van der Waals surface area contributed by atoms with E-state index in [2.05, 4.69) is 17.2 Å². The maximum Gasteiger partial charge on any atom is 0.203 e. The fraction of sp³-hybridized carbons (Fsp3) is 0.357. The Morgan fingerprint density at radius 3 is 3.06 bits per heavy atom.